The number of aliphatic carboxylic acids is 1. The minimum absolute atomic E-state index is 0.106. The Labute approximate surface area is 124 Å². The van der Waals surface area contributed by atoms with Crippen molar-refractivity contribution in [2.75, 3.05) is 13.6 Å². The van der Waals surface area contributed by atoms with Crippen LogP contribution in [-0.2, 0) is 15.0 Å². The molecule has 0 aliphatic heterocycles. The summed E-state index contributed by atoms with van der Waals surface area (Å²) in [6.07, 6.45) is -0.261. The van der Waals surface area contributed by atoms with E-state index >= 15 is 0 Å². The Hall–Kier alpha value is -1.95. The van der Waals surface area contributed by atoms with Gasteiger partial charge in [-0.2, -0.15) is 22.7 Å². The second-order valence-corrected chi connectivity index (χ2v) is 6.35. The van der Waals surface area contributed by atoms with Crippen molar-refractivity contribution in [3.63, 3.8) is 0 Å². The molecule has 0 spiro atoms. The fourth-order valence-electron chi connectivity index (χ4n) is 1.60. The largest absolute Gasteiger partial charge is 0.481 e. The summed E-state index contributed by atoms with van der Waals surface area (Å²) >= 11 is 0. The van der Waals surface area contributed by atoms with Gasteiger partial charge in [0.2, 0.25) is 0 Å². The molecule has 0 bridgehead atoms. The van der Waals surface area contributed by atoms with Gasteiger partial charge in [0.05, 0.1) is 18.1 Å². The first-order chi connectivity index (χ1) is 9.76. The van der Waals surface area contributed by atoms with E-state index in [0.29, 0.717) is 11.1 Å². The van der Waals surface area contributed by atoms with Crippen molar-refractivity contribution in [1.29, 1.82) is 5.26 Å². The Kier molecular flexibility index (Phi) is 5.84. The number of carboxylic acid groups (broad SMARTS) is 1. The van der Waals surface area contributed by atoms with Crippen molar-refractivity contribution in [1.82, 2.24) is 9.03 Å². The van der Waals surface area contributed by atoms with Gasteiger partial charge < -0.3 is 5.11 Å². The van der Waals surface area contributed by atoms with Crippen LogP contribution >= 0.6 is 0 Å². The third-order valence-corrected chi connectivity index (χ3v) is 4.57. The summed E-state index contributed by atoms with van der Waals surface area (Å²) in [7, 11) is -2.45. The fraction of sp³-hybridized carbons (Fsp3) is 0.385. The van der Waals surface area contributed by atoms with Gasteiger partial charge >= 0.3 is 5.97 Å². The zero-order chi connectivity index (χ0) is 16.0. The minimum Gasteiger partial charge on any atom is -0.481 e. The number of carboxylic acids is 1. The smallest absolute Gasteiger partial charge is 0.304 e. The van der Waals surface area contributed by atoms with E-state index in [4.69, 9.17) is 10.4 Å². The Morgan fingerprint density at radius 3 is 2.48 bits per heavy atom. The van der Waals surface area contributed by atoms with E-state index < -0.39 is 22.2 Å². The van der Waals surface area contributed by atoms with Gasteiger partial charge in [0.25, 0.3) is 10.2 Å². The van der Waals surface area contributed by atoms with Gasteiger partial charge in [-0.3, -0.25) is 4.79 Å². The second-order valence-electron chi connectivity index (χ2n) is 4.54. The van der Waals surface area contributed by atoms with Crippen LogP contribution in [0.25, 0.3) is 0 Å². The minimum atomic E-state index is -3.76. The molecular weight excluding hydrogens is 294 g/mol. The van der Waals surface area contributed by atoms with Gasteiger partial charge in [-0.15, -0.1) is 0 Å². The highest BCUT2D eigenvalue weighted by molar-refractivity contribution is 7.87. The summed E-state index contributed by atoms with van der Waals surface area (Å²) in [6.45, 7) is 1.56. The van der Waals surface area contributed by atoms with Crippen LogP contribution in [0.15, 0.2) is 24.3 Å². The monoisotopic (exact) mass is 311 g/mol. The standard InChI is InChI=1S/C13H17N3O4S/c1-10(12-5-3-11(9-14)4-6-12)15-21(19,20)16(2)8-7-13(17)18/h3-6,10,15H,7-8H2,1-2H3,(H,17,18). The number of rotatable bonds is 7. The Balaban J connectivity index is 2.73. The van der Waals surface area contributed by atoms with E-state index in [1.54, 1.807) is 31.2 Å². The van der Waals surface area contributed by atoms with E-state index in [9.17, 15) is 13.2 Å². The quantitative estimate of drug-likeness (QED) is 0.776. The van der Waals surface area contributed by atoms with Crippen LogP contribution in [0.2, 0.25) is 0 Å². The van der Waals surface area contributed by atoms with Gasteiger partial charge in [0.1, 0.15) is 0 Å². The lowest BCUT2D eigenvalue weighted by Gasteiger charge is -2.20. The predicted molar refractivity (Wildman–Crippen MR) is 76.5 cm³/mol. The molecular formula is C13H17N3O4S. The fourth-order valence-corrected chi connectivity index (χ4v) is 2.70. The van der Waals surface area contributed by atoms with Crippen molar-refractivity contribution in [2.24, 2.45) is 0 Å². The van der Waals surface area contributed by atoms with Crippen molar-refractivity contribution >= 4 is 16.2 Å². The molecule has 0 saturated carbocycles. The summed E-state index contributed by atoms with van der Waals surface area (Å²) in [5, 5.41) is 17.3. The first-order valence-electron chi connectivity index (χ1n) is 6.21. The summed E-state index contributed by atoms with van der Waals surface area (Å²) in [6, 6.07) is 8.04. The molecule has 0 aromatic heterocycles. The highest BCUT2D eigenvalue weighted by atomic mass is 32.2. The highest BCUT2D eigenvalue weighted by Crippen LogP contribution is 2.15. The van der Waals surface area contributed by atoms with Crippen molar-refractivity contribution in [3.8, 4) is 6.07 Å². The Bertz CT molecular complexity index is 634. The van der Waals surface area contributed by atoms with Gasteiger partial charge in [0.15, 0.2) is 0 Å². The van der Waals surface area contributed by atoms with E-state index in [-0.39, 0.29) is 13.0 Å². The molecule has 1 aromatic carbocycles. The van der Waals surface area contributed by atoms with Crippen molar-refractivity contribution in [3.05, 3.63) is 35.4 Å². The molecule has 0 amide bonds. The third-order valence-electron chi connectivity index (χ3n) is 2.92. The Morgan fingerprint density at radius 1 is 1.43 bits per heavy atom. The van der Waals surface area contributed by atoms with E-state index in [2.05, 4.69) is 4.72 Å². The summed E-state index contributed by atoms with van der Waals surface area (Å²) in [4.78, 5) is 10.5. The molecule has 8 heteroatoms. The predicted octanol–water partition coefficient (Wildman–Crippen LogP) is 0.860. The van der Waals surface area contributed by atoms with Crippen LogP contribution in [0, 0.1) is 11.3 Å². The van der Waals surface area contributed by atoms with Crippen LogP contribution in [0.4, 0.5) is 0 Å². The zero-order valence-corrected chi connectivity index (χ0v) is 12.6. The van der Waals surface area contributed by atoms with Gasteiger partial charge in [-0.05, 0) is 24.6 Å². The molecule has 0 aliphatic carbocycles. The molecule has 1 atom stereocenters. The lowest BCUT2D eigenvalue weighted by Crippen LogP contribution is -2.40. The maximum absolute atomic E-state index is 12.0. The third kappa shape index (κ3) is 5.15. The number of hydrogen-bond donors (Lipinski definition) is 2. The normalized spacial score (nSPS) is 12.9. The lowest BCUT2D eigenvalue weighted by atomic mass is 10.1. The molecule has 114 valence electrons. The number of carbonyl (C=O) groups is 1. The summed E-state index contributed by atoms with van der Waals surface area (Å²) in [5.74, 6) is -1.06. The first kappa shape index (κ1) is 17.1. The maximum atomic E-state index is 12.0. The maximum Gasteiger partial charge on any atom is 0.304 e. The molecule has 1 rings (SSSR count). The molecule has 2 N–H and O–H groups in total. The van der Waals surface area contributed by atoms with Crippen LogP contribution in [-0.4, -0.2) is 37.4 Å². The molecule has 0 aliphatic rings. The number of nitrogens with zero attached hydrogens (tertiary/aromatic N) is 2. The number of nitrogens with one attached hydrogen (secondary N) is 1. The summed E-state index contributed by atoms with van der Waals surface area (Å²) in [5.41, 5.74) is 1.21. The van der Waals surface area contributed by atoms with Gasteiger partial charge in [-0.1, -0.05) is 12.1 Å². The number of nitriles is 1. The molecule has 7 nitrogen and oxygen atoms in total. The lowest BCUT2D eigenvalue weighted by molar-refractivity contribution is -0.137. The first-order valence-corrected chi connectivity index (χ1v) is 7.65. The molecule has 0 fully saturated rings. The molecule has 0 heterocycles. The zero-order valence-electron chi connectivity index (χ0n) is 11.8. The highest BCUT2D eigenvalue weighted by Gasteiger charge is 2.21. The Morgan fingerprint density at radius 2 is 2.00 bits per heavy atom. The van der Waals surface area contributed by atoms with E-state index in [0.717, 1.165) is 4.31 Å². The van der Waals surface area contributed by atoms with Crippen LogP contribution in [0.1, 0.15) is 30.5 Å². The second kappa shape index (κ2) is 7.17. The topological polar surface area (TPSA) is 110 Å². The molecule has 0 radical (unpaired) electrons. The average Bonchev–Trinajstić information content (AvgIpc) is 2.44. The molecule has 1 unspecified atom stereocenters. The molecule has 0 saturated heterocycles. The van der Waals surface area contributed by atoms with Gasteiger partial charge in [0, 0.05) is 19.6 Å². The average molecular weight is 311 g/mol. The number of hydrogen-bond acceptors (Lipinski definition) is 4. The SMILES string of the molecule is CC(NS(=O)(=O)N(C)CCC(=O)O)c1ccc(C#N)cc1. The molecule has 21 heavy (non-hydrogen) atoms. The van der Waals surface area contributed by atoms with Crippen LogP contribution in [0.3, 0.4) is 0 Å². The van der Waals surface area contributed by atoms with Crippen molar-refractivity contribution < 1.29 is 18.3 Å². The number of benzene rings is 1. The summed E-state index contributed by atoms with van der Waals surface area (Å²) < 4.78 is 27.5. The van der Waals surface area contributed by atoms with Crippen LogP contribution < -0.4 is 4.72 Å². The van der Waals surface area contributed by atoms with Crippen molar-refractivity contribution in [2.45, 2.75) is 19.4 Å². The van der Waals surface area contributed by atoms with E-state index in [1.807, 2.05) is 6.07 Å². The van der Waals surface area contributed by atoms with Gasteiger partial charge in [-0.25, -0.2) is 0 Å². The molecule has 1 aromatic rings. The van der Waals surface area contributed by atoms with E-state index in [1.165, 1.54) is 7.05 Å². The van der Waals surface area contributed by atoms with Crippen LogP contribution in [0.5, 0.6) is 0 Å².